The Morgan fingerprint density at radius 3 is 2.69 bits per heavy atom. The van der Waals surface area contributed by atoms with E-state index in [9.17, 15) is 32.5 Å². The van der Waals surface area contributed by atoms with Crippen LogP contribution in [0.2, 0.25) is 0 Å². The van der Waals surface area contributed by atoms with Crippen LogP contribution in [0.4, 0.5) is 25.2 Å². The van der Waals surface area contributed by atoms with Crippen LogP contribution in [-0.4, -0.2) is 87.4 Å². The fourth-order valence-corrected chi connectivity index (χ4v) is 6.09. The summed E-state index contributed by atoms with van der Waals surface area (Å²) >= 11 is 0. The lowest BCUT2D eigenvalue weighted by Gasteiger charge is -2.19. The third-order valence-corrected chi connectivity index (χ3v) is 8.41. The van der Waals surface area contributed by atoms with E-state index in [1.807, 2.05) is 0 Å². The number of ether oxygens (including phenoxy) is 2. The Kier molecular flexibility index (Phi) is 10.8. The number of aliphatic hydroxyl groups excluding tert-OH is 1. The highest BCUT2D eigenvalue weighted by molar-refractivity contribution is 7.92. The summed E-state index contributed by atoms with van der Waals surface area (Å²) in [7, 11) is -3.09. The number of urea groups is 1. The molecule has 14 nitrogen and oxygen atoms in total. The number of hydrogen-bond acceptors (Lipinski definition) is 10. The summed E-state index contributed by atoms with van der Waals surface area (Å²) in [6, 6.07) is 7.60. The molecule has 2 unspecified atom stereocenters. The molecule has 0 radical (unpaired) electrons. The van der Waals surface area contributed by atoms with Crippen molar-refractivity contribution in [3.8, 4) is 22.8 Å². The highest BCUT2D eigenvalue weighted by Gasteiger charge is 2.25. The van der Waals surface area contributed by atoms with Crippen LogP contribution in [-0.2, 0) is 25.1 Å². The fraction of sp³-hybridized carbons (Fsp3) is 0.323. The average Bonchev–Trinajstić information content (AvgIpc) is 3.33. The van der Waals surface area contributed by atoms with Gasteiger partial charge in [-0.3, -0.25) is 9.59 Å². The Bertz CT molecular complexity index is 1870. The van der Waals surface area contributed by atoms with Gasteiger partial charge in [0.15, 0.2) is 0 Å². The van der Waals surface area contributed by atoms with E-state index in [0.717, 1.165) is 11.1 Å². The van der Waals surface area contributed by atoms with Crippen LogP contribution in [0.3, 0.4) is 0 Å². The third kappa shape index (κ3) is 9.22. The van der Waals surface area contributed by atoms with Gasteiger partial charge in [-0.1, -0.05) is 0 Å². The second-order valence-corrected chi connectivity index (χ2v) is 13.3. The standard InChI is InChI=1S/C31H33F2N7O7S/c1-48(45,39-31(44)35-9-2-8-34-27(41)17-40-29(42)6-7-30(40)43)18-19-12-26-37-25-15-22(23(33)16-36-25)21-5-4-20(32)14-24(21)46-10-3-11-47-28(13-19)38-26/h4-7,12-16,29,42H,2-3,8-11,17-18H2,1H3,(H,34,41)(H,35,44)(H,36,37,38). The Labute approximate surface area is 274 Å². The molecule has 4 amide bonds. The first-order valence-electron chi connectivity index (χ1n) is 14.9. The molecule has 3 aromatic rings. The molecule has 4 N–H and O–H groups in total. The van der Waals surface area contributed by atoms with Gasteiger partial charge in [0, 0.05) is 55.1 Å². The second-order valence-electron chi connectivity index (χ2n) is 10.9. The van der Waals surface area contributed by atoms with Crippen LogP contribution in [0, 0.1) is 11.6 Å². The number of hydrogen-bond donors (Lipinski definition) is 4. The fourth-order valence-electron chi connectivity index (χ4n) is 4.82. The first kappa shape index (κ1) is 34.2. The monoisotopic (exact) mass is 685 g/mol. The summed E-state index contributed by atoms with van der Waals surface area (Å²) in [5.74, 6) is -1.42. The predicted molar refractivity (Wildman–Crippen MR) is 171 cm³/mol. The van der Waals surface area contributed by atoms with Crippen LogP contribution in [0.15, 0.2) is 59.1 Å². The lowest BCUT2D eigenvalue weighted by atomic mass is 10.0. The van der Waals surface area contributed by atoms with Crippen LogP contribution in [0.25, 0.3) is 11.1 Å². The quantitative estimate of drug-likeness (QED) is 0.257. The smallest absolute Gasteiger partial charge is 0.349 e. The Balaban J connectivity index is 1.22. The van der Waals surface area contributed by atoms with Gasteiger partial charge in [0.25, 0.3) is 0 Å². The third-order valence-electron chi connectivity index (χ3n) is 6.99. The molecule has 1 aromatic carbocycles. The number of fused-ring (bicyclic) bond motifs is 6. The van der Waals surface area contributed by atoms with E-state index in [0.29, 0.717) is 24.0 Å². The van der Waals surface area contributed by atoms with E-state index in [1.165, 1.54) is 42.7 Å². The molecule has 0 aliphatic carbocycles. The van der Waals surface area contributed by atoms with Crippen molar-refractivity contribution in [2.45, 2.75) is 24.8 Å². The van der Waals surface area contributed by atoms with E-state index in [-0.39, 0.29) is 67.4 Å². The number of anilines is 2. The summed E-state index contributed by atoms with van der Waals surface area (Å²) in [4.78, 5) is 45.6. The van der Waals surface area contributed by atoms with Gasteiger partial charge in [0.2, 0.25) is 17.7 Å². The van der Waals surface area contributed by atoms with Crippen LogP contribution in [0.1, 0.15) is 18.4 Å². The number of carbonyl (C=O) groups is 3. The number of rotatable bonds is 8. The number of nitrogens with one attached hydrogen (secondary N) is 3. The zero-order valence-electron chi connectivity index (χ0n) is 25.8. The minimum absolute atomic E-state index is 0.127. The molecule has 2 aromatic heterocycles. The summed E-state index contributed by atoms with van der Waals surface area (Å²) in [5, 5.41) is 17.8. The zero-order valence-corrected chi connectivity index (χ0v) is 26.6. The number of halogens is 2. The van der Waals surface area contributed by atoms with Crippen molar-refractivity contribution >= 4 is 39.2 Å². The predicted octanol–water partition coefficient (Wildman–Crippen LogP) is 2.86. The molecule has 4 heterocycles. The van der Waals surface area contributed by atoms with Crippen molar-refractivity contribution in [1.82, 2.24) is 25.5 Å². The molecule has 48 heavy (non-hydrogen) atoms. The lowest BCUT2D eigenvalue weighted by Crippen LogP contribution is -2.42. The molecule has 2 aliphatic rings. The number of aliphatic hydroxyl groups is 1. The van der Waals surface area contributed by atoms with Crippen molar-refractivity contribution in [2.75, 3.05) is 44.4 Å². The molecule has 0 saturated carbocycles. The molecule has 2 aliphatic heterocycles. The lowest BCUT2D eigenvalue weighted by molar-refractivity contribution is -0.137. The highest BCUT2D eigenvalue weighted by atomic mass is 32.2. The Hall–Kier alpha value is -5.16. The normalized spacial score (nSPS) is 16.7. The molecule has 0 saturated heterocycles. The Morgan fingerprint density at radius 1 is 1.10 bits per heavy atom. The largest absolute Gasteiger partial charge is 0.493 e. The van der Waals surface area contributed by atoms with E-state index in [2.05, 4.69) is 30.3 Å². The van der Waals surface area contributed by atoms with Gasteiger partial charge >= 0.3 is 6.03 Å². The highest BCUT2D eigenvalue weighted by Crippen LogP contribution is 2.34. The number of benzene rings is 1. The maximum absolute atomic E-state index is 14.9. The summed E-state index contributed by atoms with van der Waals surface area (Å²) in [6.07, 6.45) is 4.39. The molecule has 0 spiro atoms. The topological polar surface area (TPSA) is 184 Å². The first-order chi connectivity index (χ1) is 23.0. The van der Waals surface area contributed by atoms with Gasteiger partial charge in [-0.05, 0) is 42.3 Å². The van der Waals surface area contributed by atoms with Gasteiger partial charge in [0.1, 0.15) is 41.8 Å². The van der Waals surface area contributed by atoms with Crippen LogP contribution < -0.4 is 25.4 Å². The summed E-state index contributed by atoms with van der Waals surface area (Å²) < 4.78 is 57.6. The van der Waals surface area contributed by atoms with Gasteiger partial charge in [-0.2, -0.15) is 4.98 Å². The summed E-state index contributed by atoms with van der Waals surface area (Å²) in [6.45, 7) is 0.317. The van der Waals surface area contributed by atoms with E-state index in [1.54, 1.807) is 12.1 Å². The Morgan fingerprint density at radius 2 is 1.90 bits per heavy atom. The van der Waals surface area contributed by atoms with Gasteiger partial charge in [-0.25, -0.2) is 22.8 Å². The van der Waals surface area contributed by atoms with E-state index < -0.39 is 45.4 Å². The maximum Gasteiger partial charge on any atom is 0.349 e. The average molecular weight is 686 g/mol. The maximum atomic E-state index is 14.9. The minimum atomic E-state index is -3.09. The van der Waals surface area contributed by atoms with Gasteiger partial charge in [0.05, 0.1) is 34.9 Å². The second kappa shape index (κ2) is 15.2. The number of aromatic nitrogens is 2. The number of amides is 4. The molecule has 0 fully saturated rings. The minimum Gasteiger partial charge on any atom is -0.493 e. The van der Waals surface area contributed by atoms with Gasteiger partial charge in [-0.15, -0.1) is 4.36 Å². The first-order valence-corrected chi connectivity index (χ1v) is 17.0. The zero-order chi connectivity index (χ0) is 34.3. The molecule has 5 rings (SSSR count). The number of nitrogens with zero attached hydrogens (tertiary/aromatic N) is 4. The van der Waals surface area contributed by atoms with Crippen molar-refractivity contribution in [3.05, 3.63) is 71.9 Å². The number of carbonyl (C=O) groups excluding carboxylic acids is 3. The molecular formula is C31H33F2N7O7S. The van der Waals surface area contributed by atoms with E-state index >= 15 is 0 Å². The molecule has 2 atom stereocenters. The molecule has 17 heteroatoms. The van der Waals surface area contributed by atoms with Crippen LogP contribution in [0.5, 0.6) is 11.6 Å². The van der Waals surface area contributed by atoms with Crippen molar-refractivity contribution < 1.29 is 42.0 Å². The molecule has 254 valence electrons. The van der Waals surface area contributed by atoms with Crippen molar-refractivity contribution in [2.24, 2.45) is 4.36 Å². The van der Waals surface area contributed by atoms with E-state index in [4.69, 9.17) is 9.47 Å². The summed E-state index contributed by atoms with van der Waals surface area (Å²) in [5.41, 5.74) is 0.952. The SMILES string of the molecule is CS(=O)(Cc1cc2nc(c1)OCCCOc1cc(F)ccc1-c1cc(ncc1F)N2)=NC(=O)NCCCNC(=O)CN1C(=O)C=CC1O. The number of pyridine rings is 2. The van der Waals surface area contributed by atoms with Crippen LogP contribution >= 0.6 is 0 Å². The van der Waals surface area contributed by atoms with Crippen molar-refractivity contribution in [1.29, 1.82) is 0 Å². The molecular weight excluding hydrogens is 652 g/mol. The molecule has 4 bridgehead atoms. The van der Waals surface area contributed by atoms with Crippen molar-refractivity contribution in [3.63, 3.8) is 0 Å². The van der Waals surface area contributed by atoms with Gasteiger partial charge < -0.3 is 35.4 Å².